The highest BCUT2D eigenvalue weighted by Gasteiger charge is 2.56. The van der Waals surface area contributed by atoms with Gasteiger partial charge in [0, 0.05) is 81.5 Å². The van der Waals surface area contributed by atoms with E-state index in [2.05, 4.69) is 16.0 Å². The van der Waals surface area contributed by atoms with Gasteiger partial charge in [0.15, 0.2) is 0 Å². The molecule has 4 aliphatic heterocycles. The maximum absolute atomic E-state index is 15.6. The number of hydrogen-bond donors (Lipinski definition) is 3. The van der Waals surface area contributed by atoms with E-state index in [9.17, 15) is 55.1 Å². The van der Waals surface area contributed by atoms with E-state index in [1.807, 2.05) is 0 Å². The van der Waals surface area contributed by atoms with Crippen molar-refractivity contribution in [3.8, 4) is 0 Å². The van der Waals surface area contributed by atoms with Crippen LogP contribution in [0.15, 0.2) is 12.2 Å². The van der Waals surface area contributed by atoms with Gasteiger partial charge in [-0.05, 0) is 127 Å². The zero-order valence-corrected chi connectivity index (χ0v) is 65.2. The maximum Gasteiger partial charge on any atom is 0.397 e. The first-order valence-corrected chi connectivity index (χ1v) is 38.9. The molecule has 4 heterocycles. The van der Waals surface area contributed by atoms with E-state index < -0.39 is 230 Å². The Morgan fingerprint density at radius 1 is 0.633 bits per heavy atom. The molecule has 6 fully saturated rings. The number of alkyl halides is 8. The van der Waals surface area contributed by atoms with Gasteiger partial charge in [0.2, 0.25) is 70.9 Å². The summed E-state index contributed by atoms with van der Waals surface area (Å²) in [5.41, 5.74) is -1.72. The van der Waals surface area contributed by atoms with E-state index in [1.54, 1.807) is 53.7 Å². The standard InChI is InChI=1S/C75H116F8N12O14/c1-13-44(6)62-70(105)88(8)43-60(98)90(10)54-22-19-18-20-31-94(69(54)104)57(38-45-23-26-48(27-24-45)74(78,79)80)67(102)87(7)42-58(96)84-52(28-25-46-36-50(76)61(51(77)37-46)75(81,82)83)66(101)95-41-49(109-17-5)39-55(95)65(100)86-73(29-21-30-73)72(107)92(12)63(47(14-2)15-3)71(106)91(11)56(68(103)93-32-34-108-35-33-93)40-59(97)89(9)53(16-4)64(99)85-62/h18-19,44-57,61-63H,13-17,20-43H2,1-12H3,(H,84,96)(H,85,99)(H,86,100)/b19-18-/t44-,45?,46?,48?,49+,50?,51?,52-,53-,54-,55-,56-,57-,61?,62-,63-/m0/s1. The number of carbonyl (C=O) groups is 12. The van der Waals surface area contributed by atoms with Gasteiger partial charge in [-0.25, -0.2) is 8.78 Å². The predicted molar refractivity (Wildman–Crippen MR) is 383 cm³/mol. The van der Waals surface area contributed by atoms with Gasteiger partial charge in [0.1, 0.15) is 72.1 Å². The van der Waals surface area contributed by atoms with Crippen LogP contribution in [-0.2, 0) is 67.0 Å². The maximum atomic E-state index is 15.6. The second kappa shape index (κ2) is 38.8. The fourth-order valence-electron chi connectivity index (χ4n) is 16.9. The molecule has 0 aromatic heterocycles. The number of halogens is 8. The van der Waals surface area contributed by atoms with Gasteiger partial charge in [-0.2, -0.15) is 26.3 Å². The van der Waals surface area contributed by atoms with Crippen molar-refractivity contribution in [1.82, 2.24) is 60.0 Å². The molecule has 2 unspecified atom stereocenters. The smallest absolute Gasteiger partial charge is 0.378 e. The Kier molecular flexibility index (Phi) is 31.7. The number of rotatable bonds is 14. The van der Waals surface area contributed by atoms with E-state index in [0.29, 0.717) is 25.7 Å². The Morgan fingerprint density at radius 3 is 1.82 bits per heavy atom. The van der Waals surface area contributed by atoms with Crippen LogP contribution in [0, 0.1) is 35.5 Å². The van der Waals surface area contributed by atoms with E-state index in [0.717, 1.165) is 29.4 Å². The average molecular weight is 1560 g/mol. The van der Waals surface area contributed by atoms with Crippen molar-refractivity contribution in [1.29, 1.82) is 0 Å². The predicted octanol–water partition coefficient (Wildman–Crippen LogP) is 5.73. The minimum Gasteiger partial charge on any atom is -0.378 e. The third-order valence-corrected chi connectivity index (χ3v) is 24.1. The molecule has 616 valence electrons. The molecule has 3 aliphatic carbocycles. The SMILES string of the molecule is CCO[C@@H]1C[C@H]2C(=O)NC3(CCC3)C(=O)N(C)[C@@H](C(CC)CC)C(=O)N(C)[C@H](C(=O)N3CCOCC3)CC(=O)N(C)[C@@H](CC)C(=O)N[C@@H]([C@@H](C)CC)C(=O)N(C)CC(=O)N(C)[C@H]3C/C=C\CCN(C3=O)[C@@H](CC3CCC(C(F)(F)F)CC3)C(=O)N(C)CC(=O)N[C@@H](CCC3CC(F)C(C(F)(F)F)C(F)C3)C(=O)N2C1. The number of amides is 12. The number of ether oxygens (including phenoxy) is 2. The molecule has 26 nitrogen and oxygen atoms in total. The summed E-state index contributed by atoms with van der Waals surface area (Å²) in [6, 6.07) is -11.5. The van der Waals surface area contributed by atoms with Gasteiger partial charge >= 0.3 is 12.4 Å². The van der Waals surface area contributed by atoms with Crippen LogP contribution >= 0.6 is 0 Å². The van der Waals surface area contributed by atoms with Crippen molar-refractivity contribution in [3.05, 3.63) is 12.2 Å². The van der Waals surface area contributed by atoms with Crippen LogP contribution in [0.25, 0.3) is 0 Å². The first-order chi connectivity index (χ1) is 51.3. The molecule has 0 aromatic rings. The summed E-state index contributed by atoms with van der Waals surface area (Å²) in [7, 11) is 7.92. The Bertz CT molecular complexity index is 3230. The van der Waals surface area contributed by atoms with Gasteiger partial charge in [-0.3, -0.25) is 57.5 Å². The number of carbonyl (C=O) groups excluding carboxylic acids is 12. The number of nitrogens with zero attached hydrogens (tertiary/aromatic N) is 9. The summed E-state index contributed by atoms with van der Waals surface area (Å²) < 4.78 is 127. The molecule has 2 bridgehead atoms. The topological polar surface area (TPSA) is 289 Å². The van der Waals surface area contributed by atoms with E-state index in [-0.39, 0.29) is 123 Å². The Labute approximate surface area is 634 Å². The summed E-state index contributed by atoms with van der Waals surface area (Å²) in [5.74, 6) is -17.1. The minimum atomic E-state index is -5.22. The lowest BCUT2D eigenvalue weighted by Crippen LogP contribution is -2.68. The Morgan fingerprint density at radius 2 is 1.26 bits per heavy atom. The molecule has 0 aromatic carbocycles. The minimum absolute atomic E-state index is 0.00774. The van der Waals surface area contributed by atoms with Crippen LogP contribution in [0.3, 0.4) is 0 Å². The lowest BCUT2D eigenvalue weighted by atomic mass is 9.74. The molecule has 7 rings (SSSR count). The van der Waals surface area contributed by atoms with Gasteiger partial charge in [0.05, 0.1) is 44.7 Å². The lowest BCUT2D eigenvalue weighted by molar-refractivity contribution is -0.219. The monoisotopic (exact) mass is 1560 g/mol. The molecule has 1 spiro atoms. The van der Waals surface area contributed by atoms with Crippen molar-refractivity contribution < 1.29 is 102 Å². The van der Waals surface area contributed by atoms with Crippen molar-refractivity contribution >= 4 is 70.9 Å². The quantitative estimate of drug-likeness (QED) is 0.138. The van der Waals surface area contributed by atoms with Crippen LogP contribution < -0.4 is 16.0 Å². The van der Waals surface area contributed by atoms with Crippen molar-refractivity contribution in [3.63, 3.8) is 0 Å². The zero-order chi connectivity index (χ0) is 80.9. The highest BCUT2D eigenvalue weighted by atomic mass is 19.4. The van der Waals surface area contributed by atoms with E-state index >= 15 is 37.5 Å². The van der Waals surface area contributed by atoms with Crippen LogP contribution in [0.1, 0.15) is 170 Å². The fourth-order valence-corrected chi connectivity index (χ4v) is 16.9. The second-order valence-corrected chi connectivity index (χ2v) is 31.2. The van der Waals surface area contributed by atoms with Crippen LogP contribution in [-0.4, -0.2) is 301 Å². The van der Waals surface area contributed by atoms with Gasteiger partial charge in [-0.15, -0.1) is 0 Å². The number of morpholine rings is 1. The molecule has 3 saturated carbocycles. The molecule has 3 N–H and O–H groups in total. The van der Waals surface area contributed by atoms with Crippen molar-refractivity contribution in [2.24, 2.45) is 35.5 Å². The van der Waals surface area contributed by atoms with Crippen molar-refractivity contribution in [2.45, 2.75) is 255 Å². The number of hydrogen-bond acceptors (Lipinski definition) is 14. The summed E-state index contributed by atoms with van der Waals surface area (Å²) in [6.07, 6.45) is -15.1. The molecule has 12 atom stereocenters. The van der Waals surface area contributed by atoms with Crippen molar-refractivity contribution in [2.75, 3.05) is 101 Å². The highest BCUT2D eigenvalue weighted by molar-refractivity contribution is 6.01. The van der Waals surface area contributed by atoms with Crippen LogP contribution in [0.4, 0.5) is 35.1 Å². The molecule has 0 radical (unpaired) electrons. The van der Waals surface area contributed by atoms with Gasteiger partial charge < -0.3 is 69.5 Å². The number of nitrogens with one attached hydrogen (secondary N) is 3. The number of likely N-dealkylation sites (N-methyl/N-ethyl adjacent to an activating group) is 6. The number of fused-ring (bicyclic) bond motifs is 3. The summed E-state index contributed by atoms with van der Waals surface area (Å²) >= 11 is 0. The summed E-state index contributed by atoms with van der Waals surface area (Å²) in [5, 5.41) is 8.35. The van der Waals surface area contributed by atoms with E-state index in [4.69, 9.17) is 9.47 Å². The summed E-state index contributed by atoms with van der Waals surface area (Å²) in [4.78, 5) is 192. The van der Waals surface area contributed by atoms with Crippen LogP contribution in [0.2, 0.25) is 0 Å². The first kappa shape index (κ1) is 88.9. The molecule has 12 amide bonds. The lowest BCUT2D eigenvalue weighted by Gasteiger charge is -2.47. The molecular weight excluding hydrogens is 1440 g/mol. The van der Waals surface area contributed by atoms with Gasteiger partial charge in [-0.1, -0.05) is 66.0 Å². The highest BCUT2D eigenvalue weighted by Crippen LogP contribution is 2.46. The molecular formula is C75H116F8N12O14. The Balaban J connectivity index is 1.33. The second-order valence-electron chi connectivity index (χ2n) is 31.2. The third-order valence-electron chi connectivity index (χ3n) is 24.1. The van der Waals surface area contributed by atoms with E-state index in [1.165, 1.54) is 57.0 Å². The Hall–Kier alpha value is -7.26. The normalized spacial score (nSPS) is 31.8. The van der Waals surface area contributed by atoms with Crippen LogP contribution in [0.5, 0.6) is 0 Å². The summed E-state index contributed by atoms with van der Waals surface area (Å²) in [6.45, 7) is 8.89. The third kappa shape index (κ3) is 21.5. The average Bonchev–Trinajstić information content (AvgIpc) is 1.68. The largest absolute Gasteiger partial charge is 0.397 e. The molecule has 34 heteroatoms. The first-order valence-electron chi connectivity index (χ1n) is 38.9. The fraction of sp³-hybridized carbons (Fsp3) is 0.813. The van der Waals surface area contributed by atoms with Gasteiger partial charge in [0.25, 0.3) is 0 Å². The molecule has 7 aliphatic rings. The molecule has 109 heavy (non-hydrogen) atoms. The molecule has 3 saturated heterocycles. The zero-order valence-electron chi connectivity index (χ0n) is 65.2.